The summed E-state index contributed by atoms with van der Waals surface area (Å²) >= 11 is 5.49. The molecule has 0 bridgehead atoms. The van der Waals surface area contributed by atoms with Crippen LogP contribution in [0, 0.1) is 0 Å². The van der Waals surface area contributed by atoms with Gasteiger partial charge in [-0.1, -0.05) is 138 Å². The second-order valence-corrected chi connectivity index (χ2v) is 22.5. The summed E-state index contributed by atoms with van der Waals surface area (Å²) in [6, 6.07) is 17.7. The van der Waals surface area contributed by atoms with Crippen molar-refractivity contribution in [3.8, 4) is 17.2 Å². The largest absolute Gasteiger partial charge is 0.480 e. The maximum Gasteiger partial charge on any atom is 0.349 e. The molecule has 508 valence electrons. The third kappa shape index (κ3) is 37.0. The second-order valence-electron chi connectivity index (χ2n) is 22.3. The minimum atomic E-state index is -0.827. The number of carboxylic acids is 1. The van der Waals surface area contributed by atoms with Gasteiger partial charge < -0.3 is 57.2 Å². The van der Waals surface area contributed by atoms with Crippen LogP contribution in [0.3, 0.4) is 0 Å². The molecule has 0 atom stereocenters. The van der Waals surface area contributed by atoms with E-state index in [1.54, 1.807) is 47.6 Å². The Morgan fingerprint density at radius 3 is 0.775 bits per heavy atom. The van der Waals surface area contributed by atoms with Gasteiger partial charge in [-0.3, -0.25) is 33.9 Å². The van der Waals surface area contributed by atoms with Gasteiger partial charge in [0.05, 0.1) is 59.3 Å². The lowest BCUT2D eigenvalue weighted by atomic mass is 9.94. The zero-order valence-electron chi connectivity index (χ0n) is 56.4. The van der Waals surface area contributed by atoms with Gasteiger partial charge in [0, 0.05) is 81.9 Å². The van der Waals surface area contributed by atoms with Crippen molar-refractivity contribution in [2.24, 2.45) is 0 Å². The normalized spacial score (nSPS) is 11.1. The molecule has 0 fully saturated rings. The fraction of sp³-hybridized carbons (Fsp3) is 0.636. The first kappa shape index (κ1) is 85.8. The molecule has 0 unspecified atom stereocenters. The van der Waals surface area contributed by atoms with Crippen molar-refractivity contribution in [1.29, 1.82) is 0 Å². The molecule has 0 amide bonds. The van der Waals surface area contributed by atoms with Crippen LogP contribution in [0.25, 0.3) is 0 Å². The number of nitrogens with zero attached hydrogens (tertiary/aromatic N) is 3. The smallest absolute Gasteiger partial charge is 0.349 e. The van der Waals surface area contributed by atoms with Crippen LogP contribution < -0.4 is 14.2 Å². The number of benzene rings is 3. The lowest BCUT2D eigenvalue weighted by Gasteiger charge is -2.21. The maximum absolute atomic E-state index is 12.3. The summed E-state index contributed by atoms with van der Waals surface area (Å²) in [5, 5.41) is 8.56. The molecule has 0 aromatic heterocycles. The van der Waals surface area contributed by atoms with E-state index in [9.17, 15) is 28.8 Å². The van der Waals surface area contributed by atoms with Gasteiger partial charge in [-0.2, -0.15) is 0 Å². The molecular weight excluding hydrogens is 1190 g/mol. The highest BCUT2D eigenvalue weighted by molar-refractivity contribution is 6.26. The molecule has 0 spiro atoms. The molecule has 3 aromatic carbocycles. The average Bonchev–Trinajstić information content (AvgIpc) is 1.21. The SMILES string of the molecule is CC(C)c1cccc(C(C)C)c1OC(=O)CCl.COCCN(CCOC)CC(=O)O.COCCN(CCOC)CC(=O)OCC(=O)Oc1c(C(C)C)cccc1C(C)C.COCCN(CCOC)CC(=O)OCC(=O)Oc1c(C(C)C)cccc1C(C)C.Cl. The van der Waals surface area contributed by atoms with Gasteiger partial charge in [-0.15, -0.1) is 24.0 Å². The summed E-state index contributed by atoms with van der Waals surface area (Å²) in [6.07, 6.45) is 0. The van der Waals surface area contributed by atoms with Gasteiger partial charge in [0.25, 0.3) is 0 Å². The number of para-hydroxylation sites is 3. The number of carbonyl (C=O) groups excluding carboxylic acids is 5. The molecule has 0 aliphatic carbocycles. The zero-order chi connectivity index (χ0) is 66.7. The number of carboxylic acid groups (broad SMARTS) is 1. The van der Waals surface area contributed by atoms with Gasteiger partial charge in [0.15, 0.2) is 13.2 Å². The number of hydrogen-bond acceptors (Lipinski definition) is 20. The number of rotatable bonds is 38. The molecule has 21 nitrogen and oxygen atoms in total. The lowest BCUT2D eigenvalue weighted by Crippen LogP contribution is -2.36. The van der Waals surface area contributed by atoms with E-state index in [-0.39, 0.29) is 61.6 Å². The molecule has 0 saturated carbocycles. The lowest BCUT2D eigenvalue weighted by molar-refractivity contribution is -0.154. The van der Waals surface area contributed by atoms with Gasteiger partial charge in [-0.25, -0.2) is 9.59 Å². The molecule has 3 aromatic rings. The Morgan fingerprint density at radius 1 is 0.371 bits per heavy atom. The van der Waals surface area contributed by atoms with Crippen molar-refractivity contribution >= 4 is 59.8 Å². The Labute approximate surface area is 542 Å². The minimum absolute atomic E-state index is 0. The third-order valence-corrected chi connectivity index (χ3v) is 13.4. The van der Waals surface area contributed by atoms with Crippen molar-refractivity contribution in [1.82, 2.24) is 14.7 Å². The van der Waals surface area contributed by atoms with Gasteiger partial charge in [0.2, 0.25) is 0 Å². The van der Waals surface area contributed by atoms with Crippen LogP contribution in [0.4, 0.5) is 0 Å². The van der Waals surface area contributed by atoms with Crippen LogP contribution in [-0.4, -0.2) is 216 Å². The number of aliphatic carboxylic acids is 1. The van der Waals surface area contributed by atoms with Crippen LogP contribution in [-0.2, 0) is 66.7 Å². The Bertz CT molecular complexity index is 2240. The Kier molecular flexibility index (Phi) is 48.5. The molecule has 0 radical (unpaired) electrons. The number of methoxy groups -OCH3 is 6. The van der Waals surface area contributed by atoms with E-state index in [0.29, 0.717) is 108 Å². The minimum Gasteiger partial charge on any atom is -0.480 e. The predicted molar refractivity (Wildman–Crippen MR) is 349 cm³/mol. The monoisotopic (exact) mass is 1300 g/mol. The Balaban J connectivity index is 0. The highest BCUT2D eigenvalue weighted by Gasteiger charge is 2.23. The molecule has 0 aliphatic rings. The summed E-state index contributed by atoms with van der Waals surface area (Å²) in [5.41, 5.74) is 5.94. The maximum atomic E-state index is 12.3. The highest BCUT2D eigenvalue weighted by Crippen LogP contribution is 2.37. The number of carbonyl (C=O) groups is 6. The van der Waals surface area contributed by atoms with Crippen molar-refractivity contribution in [3.05, 3.63) is 88.0 Å². The third-order valence-electron chi connectivity index (χ3n) is 13.2. The average molecular weight is 1300 g/mol. The van der Waals surface area contributed by atoms with E-state index in [1.165, 1.54) is 0 Å². The number of halogens is 2. The number of ether oxygens (including phenoxy) is 11. The van der Waals surface area contributed by atoms with Crippen LogP contribution in [0.2, 0.25) is 0 Å². The van der Waals surface area contributed by atoms with Crippen LogP contribution >= 0.6 is 24.0 Å². The van der Waals surface area contributed by atoms with Crippen molar-refractivity contribution < 1.29 is 86.0 Å². The van der Waals surface area contributed by atoms with E-state index < -0.39 is 49.0 Å². The fourth-order valence-corrected chi connectivity index (χ4v) is 8.34. The molecule has 0 aliphatic heterocycles. The van der Waals surface area contributed by atoms with Crippen LogP contribution in [0.1, 0.15) is 152 Å². The Hall–Kier alpha value is -5.30. The van der Waals surface area contributed by atoms with E-state index in [1.807, 2.05) is 120 Å². The summed E-state index contributed by atoms with van der Waals surface area (Å²) < 4.78 is 56.8. The first-order valence-corrected chi connectivity index (χ1v) is 30.5. The van der Waals surface area contributed by atoms with Gasteiger partial charge >= 0.3 is 35.8 Å². The molecule has 89 heavy (non-hydrogen) atoms. The van der Waals surface area contributed by atoms with Crippen molar-refractivity contribution in [2.45, 2.75) is 119 Å². The fourth-order valence-electron chi connectivity index (χ4n) is 8.29. The number of alkyl halides is 1. The molecule has 23 heteroatoms. The van der Waals surface area contributed by atoms with E-state index >= 15 is 0 Å². The number of esters is 5. The first-order chi connectivity index (χ1) is 41.8. The predicted octanol–water partition coefficient (Wildman–Crippen LogP) is 10.1. The standard InChI is InChI=1S/2C22H35NO6.C14H19ClO2.C8H17NO4.ClH/c2*1-16(2)18-8-7-9-19(17(3)4)22(18)29-21(25)15-28-20(24)14-23(10-12-26-5)11-13-27-6;1-9(2)11-6-5-7-12(10(3)4)14(11)17-13(16)8-15;1-12-5-3-9(4-6-13-2)7-8(10)11;/h2*7-9,16-17H,10-15H2,1-6H3;5-7,9-10H,8H2,1-4H3;3-7H2,1-2H3,(H,10,11);1H. The number of hydrogen-bond donors (Lipinski definition) is 1. The van der Waals surface area contributed by atoms with Gasteiger partial charge in [-0.05, 0) is 68.9 Å². The topological polar surface area (TPSA) is 234 Å². The molecule has 3 rings (SSSR count). The quantitative estimate of drug-likeness (QED) is 0.0319. The summed E-state index contributed by atoms with van der Waals surface area (Å²) in [5.74, 6) is -0.250. The Morgan fingerprint density at radius 2 is 0.584 bits per heavy atom. The highest BCUT2D eigenvalue weighted by atomic mass is 35.5. The molecule has 1 N–H and O–H groups in total. The molecule has 0 saturated heterocycles. The van der Waals surface area contributed by atoms with Crippen molar-refractivity contribution in [3.63, 3.8) is 0 Å². The van der Waals surface area contributed by atoms with E-state index in [2.05, 4.69) is 27.7 Å². The molecule has 0 heterocycles. The van der Waals surface area contributed by atoms with Crippen molar-refractivity contribution in [2.75, 3.05) is 160 Å². The molecular formula is C66H107Cl2N3O18. The zero-order valence-corrected chi connectivity index (χ0v) is 58.0. The van der Waals surface area contributed by atoms with Crippen LogP contribution in [0.5, 0.6) is 17.2 Å². The van der Waals surface area contributed by atoms with Gasteiger partial charge in [0.1, 0.15) is 23.1 Å². The summed E-state index contributed by atoms with van der Waals surface area (Å²) in [4.78, 5) is 76.2. The van der Waals surface area contributed by atoms with E-state index in [0.717, 1.165) is 33.4 Å². The second kappa shape index (κ2) is 50.4. The van der Waals surface area contributed by atoms with Crippen LogP contribution in [0.15, 0.2) is 54.6 Å². The first-order valence-electron chi connectivity index (χ1n) is 30.0. The summed E-state index contributed by atoms with van der Waals surface area (Å²) in [6.45, 7) is 30.5. The summed E-state index contributed by atoms with van der Waals surface area (Å²) in [7, 11) is 9.59. The van der Waals surface area contributed by atoms with E-state index in [4.69, 9.17) is 68.8 Å².